The van der Waals surface area contributed by atoms with Gasteiger partial charge in [-0.15, -0.1) is 0 Å². The van der Waals surface area contributed by atoms with E-state index in [1.165, 1.54) is 18.9 Å². The normalized spacial score (nSPS) is 18.2. The summed E-state index contributed by atoms with van der Waals surface area (Å²) in [7, 11) is 1.54. The minimum atomic E-state index is -1.02. The summed E-state index contributed by atoms with van der Waals surface area (Å²) in [5, 5.41) is 13.2. The van der Waals surface area contributed by atoms with Crippen molar-refractivity contribution in [3.8, 4) is 5.75 Å². The topological polar surface area (TPSA) is 78.9 Å². The number of hydrogen-bond donors (Lipinski definition) is 2. The van der Waals surface area contributed by atoms with Crippen molar-refractivity contribution in [2.24, 2.45) is 0 Å². The van der Waals surface area contributed by atoms with Gasteiger partial charge in [0.1, 0.15) is 11.8 Å². The molecule has 0 fully saturated rings. The minimum Gasteiger partial charge on any atom is -0.497 e. The van der Waals surface area contributed by atoms with Crippen LogP contribution in [0.4, 0.5) is 11.4 Å². The molecule has 1 heterocycles. The molecule has 0 saturated heterocycles. The third-order valence-electron chi connectivity index (χ3n) is 4.50. The molecule has 0 spiro atoms. The molecular weight excluding hydrogens is 391 g/mol. The quantitative estimate of drug-likeness (QED) is 0.785. The van der Waals surface area contributed by atoms with Gasteiger partial charge in [-0.25, -0.2) is 4.79 Å². The van der Waals surface area contributed by atoms with E-state index in [0.717, 1.165) is 0 Å². The van der Waals surface area contributed by atoms with E-state index in [9.17, 15) is 14.7 Å². The van der Waals surface area contributed by atoms with Crippen LogP contribution in [0.25, 0.3) is 0 Å². The molecule has 2 aromatic carbocycles. The summed E-state index contributed by atoms with van der Waals surface area (Å²) in [4.78, 5) is 25.8. The van der Waals surface area contributed by atoms with Crippen molar-refractivity contribution < 1.29 is 19.4 Å². The molecule has 2 aromatic rings. The van der Waals surface area contributed by atoms with E-state index in [0.29, 0.717) is 32.7 Å². The number of fused-ring (bicyclic) bond motifs is 1. The fourth-order valence-electron chi connectivity index (χ4n) is 3.37. The first-order valence-electron chi connectivity index (χ1n) is 8.24. The van der Waals surface area contributed by atoms with Crippen LogP contribution < -0.4 is 15.0 Å². The molecule has 0 aromatic heterocycles. The third kappa shape index (κ3) is 3.82. The molecule has 6 nitrogen and oxygen atoms in total. The summed E-state index contributed by atoms with van der Waals surface area (Å²) >= 11 is 12.5. The molecular formula is C19H18Cl2N2O4. The molecule has 0 radical (unpaired) electrons. The Kier molecular flexibility index (Phi) is 5.48. The summed E-state index contributed by atoms with van der Waals surface area (Å²) in [6.45, 7) is 1.43. The van der Waals surface area contributed by atoms with Gasteiger partial charge in [0.2, 0.25) is 5.91 Å². The van der Waals surface area contributed by atoms with Crippen molar-refractivity contribution in [1.29, 1.82) is 0 Å². The van der Waals surface area contributed by atoms with Crippen LogP contribution in [0.1, 0.15) is 24.9 Å². The summed E-state index contributed by atoms with van der Waals surface area (Å²) in [5.41, 5.74) is 1.73. The lowest BCUT2D eigenvalue weighted by atomic mass is 9.91. The zero-order valence-corrected chi connectivity index (χ0v) is 16.2. The first-order chi connectivity index (χ1) is 12.8. The molecule has 1 aliphatic heterocycles. The highest BCUT2D eigenvalue weighted by atomic mass is 35.5. The van der Waals surface area contributed by atoms with Gasteiger partial charge in [-0.2, -0.15) is 0 Å². The molecule has 1 amide bonds. The predicted octanol–water partition coefficient (Wildman–Crippen LogP) is 4.37. The van der Waals surface area contributed by atoms with Gasteiger partial charge in [0.15, 0.2) is 0 Å². The number of carbonyl (C=O) groups excluding carboxylic acids is 1. The maximum absolute atomic E-state index is 12.6. The Bertz CT molecular complexity index is 903. The van der Waals surface area contributed by atoms with Crippen LogP contribution in [0.15, 0.2) is 36.4 Å². The largest absolute Gasteiger partial charge is 0.497 e. The van der Waals surface area contributed by atoms with Crippen LogP contribution >= 0.6 is 23.2 Å². The fourth-order valence-corrected chi connectivity index (χ4v) is 3.99. The van der Waals surface area contributed by atoms with Crippen molar-refractivity contribution >= 4 is 46.5 Å². The molecule has 2 atom stereocenters. The first kappa shape index (κ1) is 19.3. The summed E-state index contributed by atoms with van der Waals surface area (Å²) in [6, 6.07) is 8.78. The van der Waals surface area contributed by atoms with Crippen LogP contribution in [-0.4, -0.2) is 30.1 Å². The number of nitrogens with one attached hydrogen (secondary N) is 1. The summed E-state index contributed by atoms with van der Waals surface area (Å²) < 4.78 is 5.25. The Morgan fingerprint density at radius 3 is 2.63 bits per heavy atom. The number of nitrogens with zero attached hydrogens (tertiary/aromatic N) is 1. The molecule has 0 unspecified atom stereocenters. The van der Waals surface area contributed by atoms with Gasteiger partial charge in [-0.3, -0.25) is 4.79 Å². The molecule has 0 bridgehead atoms. The number of halogens is 2. The van der Waals surface area contributed by atoms with E-state index in [2.05, 4.69) is 5.32 Å². The van der Waals surface area contributed by atoms with E-state index in [1.807, 2.05) is 0 Å². The highest BCUT2D eigenvalue weighted by Crippen LogP contribution is 2.44. The Labute approximate surface area is 166 Å². The first-order valence-corrected chi connectivity index (χ1v) is 8.99. The highest BCUT2D eigenvalue weighted by Gasteiger charge is 2.37. The molecule has 0 aliphatic carbocycles. The Morgan fingerprint density at radius 1 is 1.26 bits per heavy atom. The van der Waals surface area contributed by atoms with E-state index in [4.69, 9.17) is 27.9 Å². The van der Waals surface area contributed by atoms with Gasteiger partial charge >= 0.3 is 5.97 Å². The van der Waals surface area contributed by atoms with Gasteiger partial charge < -0.3 is 20.1 Å². The van der Waals surface area contributed by atoms with Crippen molar-refractivity contribution in [1.82, 2.24) is 0 Å². The lowest BCUT2D eigenvalue weighted by Crippen LogP contribution is -2.43. The second-order valence-electron chi connectivity index (χ2n) is 6.23. The smallest absolute Gasteiger partial charge is 0.326 e. The summed E-state index contributed by atoms with van der Waals surface area (Å²) in [5.74, 6) is -0.669. The zero-order chi connectivity index (χ0) is 19.7. The fraction of sp³-hybridized carbons (Fsp3) is 0.263. The average molecular weight is 409 g/mol. The average Bonchev–Trinajstić information content (AvgIpc) is 2.60. The molecule has 142 valence electrons. The molecule has 2 N–H and O–H groups in total. The van der Waals surface area contributed by atoms with Crippen molar-refractivity contribution in [2.45, 2.75) is 25.4 Å². The molecule has 27 heavy (non-hydrogen) atoms. The Hall–Kier alpha value is -2.44. The monoisotopic (exact) mass is 408 g/mol. The van der Waals surface area contributed by atoms with Crippen molar-refractivity contribution in [2.75, 3.05) is 17.3 Å². The van der Waals surface area contributed by atoms with Crippen LogP contribution in [0, 0.1) is 0 Å². The van der Waals surface area contributed by atoms with Gasteiger partial charge in [-0.05, 0) is 24.3 Å². The number of methoxy groups -OCH3 is 1. The van der Waals surface area contributed by atoms with Crippen LogP contribution in [0.5, 0.6) is 5.75 Å². The molecule has 1 aliphatic rings. The lowest BCUT2D eigenvalue weighted by molar-refractivity contribution is -0.138. The highest BCUT2D eigenvalue weighted by molar-refractivity contribution is 6.35. The number of rotatable bonds is 4. The predicted molar refractivity (Wildman–Crippen MR) is 105 cm³/mol. The lowest BCUT2D eigenvalue weighted by Gasteiger charge is -2.38. The SMILES string of the molecule is COc1cccc(N(C(C)=O)[C@@H]2C[C@@H](C(=O)O)Nc3cc(Cl)cc(Cl)c32)c1. The van der Waals surface area contributed by atoms with E-state index in [1.54, 1.807) is 36.4 Å². The number of carbonyl (C=O) groups is 2. The third-order valence-corrected chi connectivity index (χ3v) is 5.03. The standard InChI is InChI=1S/C19H18Cl2N2O4/c1-10(24)23(12-4-3-5-13(8-12)27-2)17-9-16(19(25)26)22-15-7-11(20)6-14(21)18(15)17/h3-8,16-17,22H,9H2,1-2H3,(H,25,26)/t16-,17+/m0/s1. The molecule has 0 saturated carbocycles. The number of carboxylic acid groups (broad SMARTS) is 1. The minimum absolute atomic E-state index is 0.153. The van der Waals surface area contributed by atoms with E-state index in [-0.39, 0.29) is 12.3 Å². The van der Waals surface area contributed by atoms with E-state index < -0.39 is 18.1 Å². The number of ether oxygens (including phenoxy) is 1. The molecule has 8 heteroatoms. The maximum Gasteiger partial charge on any atom is 0.326 e. The van der Waals surface area contributed by atoms with Crippen LogP contribution in [0.3, 0.4) is 0 Å². The molecule has 3 rings (SSSR count). The van der Waals surface area contributed by atoms with Crippen LogP contribution in [-0.2, 0) is 9.59 Å². The second kappa shape index (κ2) is 7.66. The Balaban J connectivity index is 2.16. The number of carboxylic acids is 1. The number of amides is 1. The van der Waals surface area contributed by atoms with Gasteiger partial charge in [0.05, 0.1) is 13.2 Å². The van der Waals surface area contributed by atoms with E-state index >= 15 is 0 Å². The van der Waals surface area contributed by atoms with Gasteiger partial charge in [-0.1, -0.05) is 29.3 Å². The van der Waals surface area contributed by atoms with Crippen molar-refractivity contribution in [3.05, 3.63) is 52.0 Å². The van der Waals surface area contributed by atoms with Gasteiger partial charge in [0.25, 0.3) is 0 Å². The number of benzene rings is 2. The van der Waals surface area contributed by atoms with Crippen molar-refractivity contribution in [3.63, 3.8) is 0 Å². The Morgan fingerprint density at radius 2 is 2.00 bits per heavy atom. The van der Waals surface area contributed by atoms with Gasteiger partial charge in [0, 0.05) is 46.4 Å². The number of hydrogen-bond acceptors (Lipinski definition) is 4. The zero-order valence-electron chi connectivity index (χ0n) is 14.7. The number of anilines is 2. The summed E-state index contributed by atoms with van der Waals surface area (Å²) in [6.07, 6.45) is 0.153. The second-order valence-corrected chi connectivity index (χ2v) is 7.07. The number of aliphatic carboxylic acids is 1. The maximum atomic E-state index is 12.6. The van der Waals surface area contributed by atoms with Crippen LogP contribution in [0.2, 0.25) is 10.0 Å².